The fraction of sp³-hybridized carbons (Fsp3) is 0.545. The van der Waals surface area contributed by atoms with Crippen molar-refractivity contribution in [2.45, 2.75) is 24.9 Å². The number of amides is 1. The number of carbonyl (C=O) groups excluding carboxylic acids is 1. The van der Waals surface area contributed by atoms with Crippen LogP contribution in [0.3, 0.4) is 0 Å². The van der Waals surface area contributed by atoms with Crippen molar-refractivity contribution in [2.24, 2.45) is 0 Å². The van der Waals surface area contributed by atoms with Gasteiger partial charge in [-0.15, -0.1) is 0 Å². The van der Waals surface area contributed by atoms with Gasteiger partial charge in [0, 0.05) is 31.2 Å². The molecule has 1 aromatic rings. The van der Waals surface area contributed by atoms with Crippen molar-refractivity contribution in [1.29, 1.82) is 0 Å². The zero-order chi connectivity index (χ0) is 14.6. The molecule has 1 heterocycles. The van der Waals surface area contributed by atoms with Crippen LogP contribution in [0.1, 0.15) is 24.7 Å². The van der Waals surface area contributed by atoms with Gasteiger partial charge in [-0.1, -0.05) is 0 Å². The molecule has 2 rings (SSSR count). The van der Waals surface area contributed by atoms with Crippen LogP contribution >= 0.6 is 0 Å². The average molecular weight is 290 g/mol. The Labute approximate surface area is 112 Å². The lowest BCUT2D eigenvalue weighted by Gasteiger charge is -2.02. The first-order chi connectivity index (χ1) is 9.44. The third-order valence-corrected chi connectivity index (χ3v) is 2.50. The number of alkyl halides is 3. The lowest BCUT2D eigenvalue weighted by atomic mass is 10.4. The zero-order valence-corrected chi connectivity index (χ0v) is 10.4. The highest BCUT2D eigenvalue weighted by Crippen LogP contribution is 2.39. The van der Waals surface area contributed by atoms with Crippen molar-refractivity contribution >= 4 is 11.9 Å². The van der Waals surface area contributed by atoms with Gasteiger partial charge in [0.05, 0.1) is 0 Å². The molecule has 0 aromatic carbocycles. The first-order valence-electron chi connectivity index (χ1n) is 6.05. The molecular weight excluding hydrogens is 277 g/mol. The first-order valence-corrected chi connectivity index (χ1v) is 6.05. The number of anilines is 1. The van der Waals surface area contributed by atoms with E-state index in [0.29, 0.717) is 23.8 Å². The number of hydrogen-bond donors (Lipinski definition) is 2. The van der Waals surface area contributed by atoms with E-state index >= 15 is 0 Å². The Kier molecular flexibility index (Phi) is 4.26. The molecule has 0 radical (unpaired) electrons. The molecule has 20 heavy (non-hydrogen) atoms. The lowest BCUT2D eigenvalue weighted by molar-refractivity contribution is -0.117. The van der Waals surface area contributed by atoms with Crippen molar-refractivity contribution < 1.29 is 22.5 Å². The van der Waals surface area contributed by atoms with Crippen LogP contribution in [0.5, 0.6) is 0 Å². The second-order valence-corrected chi connectivity index (χ2v) is 4.32. The Hall–Kier alpha value is -2.06. The third kappa shape index (κ3) is 4.90. The van der Waals surface area contributed by atoms with Crippen molar-refractivity contribution in [2.75, 3.05) is 18.4 Å². The number of aromatic nitrogens is 2. The van der Waals surface area contributed by atoms with Gasteiger partial charge in [-0.05, 0) is 18.0 Å². The predicted molar refractivity (Wildman–Crippen MR) is 63.0 cm³/mol. The minimum atomic E-state index is -4.49. The first kappa shape index (κ1) is 14.4. The maximum atomic E-state index is 11.8. The molecule has 1 saturated carbocycles. The summed E-state index contributed by atoms with van der Waals surface area (Å²) in [6, 6.07) is 0. The standard InChI is InChI=1S/C11H13F3N4O2/c12-11(13,14)4-3-8(19)15-5-6-16-10-17-9(20-18-10)7-1-2-7/h3-4,7H,1-2,5-6H2,(H,15,19)(H,16,18)/b4-3+. The Morgan fingerprint density at radius 1 is 1.40 bits per heavy atom. The maximum absolute atomic E-state index is 11.8. The minimum absolute atomic E-state index is 0.114. The Balaban J connectivity index is 1.63. The highest BCUT2D eigenvalue weighted by Gasteiger charge is 2.29. The van der Waals surface area contributed by atoms with E-state index in [-0.39, 0.29) is 19.2 Å². The molecule has 1 amide bonds. The van der Waals surface area contributed by atoms with E-state index in [1.165, 1.54) is 0 Å². The normalized spacial score (nSPS) is 15.6. The topological polar surface area (TPSA) is 80.0 Å². The third-order valence-electron chi connectivity index (χ3n) is 2.50. The molecule has 1 aliphatic rings. The summed E-state index contributed by atoms with van der Waals surface area (Å²) in [6.45, 7) is 0.434. The van der Waals surface area contributed by atoms with Crippen LogP contribution in [0.25, 0.3) is 0 Å². The summed E-state index contributed by atoms with van der Waals surface area (Å²) in [6.07, 6.45) is -2.07. The molecule has 0 unspecified atom stereocenters. The second kappa shape index (κ2) is 5.93. The molecule has 0 bridgehead atoms. The van der Waals surface area contributed by atoms with Gasteiger partial charge in [0.15, 0.2) is 0 Å². The quantitative estimate of drug-likeness (QED) is 0.614. The van der Waals surface area contributed by atoms with Crippen LogP contribution in [0.4, 0.5) is 19.1 Å². The van der Waals surface area contributed by atoms with Crippen molar-refractivity contribution in [3.8, 4) is 0 Å². The summed E-state index contributed by atoms with van der Waals surface area (Å²) < 4.78 is 40.4. The second-order valence-electron chi connectivity index (χ2n) is 4.32. The van der Waals surface area contributed by atoms with Gasteiger partial charge in [0.2, 0.25) is 11.8 Å². The number of nitrogens with zero attached hydrogens (tertiary/aromatic N) is 2. The molecule has 110 valence electrons. The highest BCUT2D eigenvalue weighted by molar-refractivity contribution is 5.87. The summed E-state index contributed by atoms with van der Waals surface area (Å²) >= 11 is 0. The predicted octanol–water partition coefficient (Wildman–Crippen LogP) is 1.59. The lowest BCUT2D eigenvalue weighted by Crippen LogP contribution is -2.27. The fourth-order valence-electron chi connectivity index (χ4n) is 1.39. The van der Waals surface area contributed by atoms with Gasteiger partial charge < -0.3 is 15.2 Å². The van der Waals surface area contributed by atoms with Gasteiger partial charge in [-0.2, -0.15) is 18.2 Å². The van der Waals surface area contributed by atoms with Gasteiger partial charge in [0.25, 0.3) is 5.95 Å². The monoisotopic (exact) mass is 290 g/mol. The fourth-order valence-corrected chi connectivity index (χ4v) is 1.39. The van der Waals surface area contributed by atoms with E-state index in [9.17, 15) is 18.0 Å². The van der Waals surface area contributed by atoms with E-state index in [0.717, 1.165) is 12.8 Å². The highest BCUT2D eigenvalue weighted by atomic mass is 19.4. The van der Waals surface area contributed by atoms with E-state index in [1.54, 1.807) is 0 Å². The Morgan fingerprint density at radius 2 is 2.15 bits per heavy atom. The number of halogens is 3. The Bertz CT molecular complexity index is 494. The SMILES string of the molecule is O=C(/C=C/C(F)(F)F)NCCNc1noc(C2CC2)n1. The van der Waals surface area contributed by atoms with Gasteiger partial charge >= 0.3 is 6.18 Å². The van der Waals surface area contributed by atoms with Crippen LogP contribution in [0, 0.1) is 0 Å². The van der Waals surface area contributed by atoms with Gasteiger partial charge in [-0.25, -0.2) is 0 Å². The van der Waals surface area contributed by atoms with E-state index in [2.05, 4.69) is 20.8 Å². The van der Waals surface area contributed by atoms with E-state index < -0.39 is 12.1 Å². The van der Waals surface area contributed by atoms with Gasteiger partial charge in [0.1, 0.15) is 0 Å². The molecule has 0 atom stereocenters. The largest absolute Gasteiger partial charge is 0.409 e. The van der Waals surface area contributed by atoms with Crippen LogP contribution in [0.15, 0.2) is 16.7 Å². The van der Waals surface area contributed by atoms with Crippen molar-refractivity contribution in [3.63, 3.8) is 0 Å². The average Bonchev–Trinajstić information content (AvgIpc) is 3.11. The molecule has 6 nitrogen and oxygen atoms in total. The summed E-state index contributed by atoms with van der Waals surface area (Å²) in [5.74, 6) is 0.442. The Morgan fingerprint density at radius 3 is 2.80 bits per heavy atom. The van der Waals surface area contributed by atoms with Crippen LogP contribution < -0.4 is 10.6 Å². The van der Waals surface area contributed by atoms with Crippen molar-refractivity contribution in [1.82, 2.24) is 15.5 Å². The number of rotatable bonds is 6. The number of carbonyl (C=O) groups is 1. The summed E-state index contributed by atoms with van der Waals surface area (Å²) in [5, 5.41) is 8.78. The molecular formula is C11H13F3N4O2. The van der Waals surface area contributed by atoms with E-state index in [4.69, 9.17) is 4.52 Å². The van der Waals surface area contributed by atoms with Crippen LogP contribution in [-0.2, 0) is 4.79 Å². The minimum Gasteiger partial charge on any atom is -0.351 e. The van der Waals surface area contributed by atoms with E-state index in [1.807, 2.05) is 0 Å². The van der Waals surface area contributed by atoms with Crippen molar-refractivity contribution in [3.05, 3.63) is 18.0 Å². The van der Waals surface area contributed by atoms with Gasteiger partial charge in [-0.3, -0.25) is 4.79 Å². The molecule has 0 spiro atoms. The summed E-state index contributed by atoms with van der Waals surface area (Å²) in [5.41, 5.74) is 0. The van der Waals surface area contributed by atoms with Crippen LogP contribution in [0.2, 0.25) is 0 Å². The molecule has 0 saturated heterocycles. The zero-order valence-electron chi connectivity index (χ0n) is 10.4. The smallest absolute Gasteiger partial charge is 0.351 e. The molecule has 1 aliphatic carbocycles. The summed E-state index contributed by atoms with van der Waals surface area (Å²) in [7, 11) is 0. The molecule has 1 fully saturated rings. The maximum Gasteiger partial charge on any atom is 0.409 e. The number of hydrogen-bond acceptors (Lipinski definition) is 5. The molecule has 2 N–H and O–H groups in total. The number of nitrogens with one attached hydrogen (secondary N) is 2. The molecule has 9 heteroatoms. The molecule has 1 aromatic heterocycles. The van der Waals surface area contributed by atoms with Crippen LogP contribution in [-0.4, -0.2) is 35.3 Å². The number of allylic oxidation sites excluding steroid dienone is 1. The molecule has 0 aliphatic heterocycles. The summed E-state index contributed by atoms with van der Waals surface area (Å²) in [4.78, 5) is 15.1.